The van der Waals surface area contributed by atoms with Crippen LogP contribution in [-0.4, -0.2) is 54.7 Å². The minimum Gasteiger partial charge on any atom is -0.413 e. The van der Waals surface area contributed by atoms with Crippen molar-refractivity contribution in [2.75, 3.05) is 12.3 Å². The summed E-state index contributed by atoms with van der Waals surface area (Å²) in [5.41, 5.74) is 2.70. The van der Waals surface area contributed by atoms with Crippen molar-refractivity contribution in [1.82, 2.24) is 9.55 Å². The Morgan fingerprint density at radius 2 is 2.29 bits per heavy atom. The summed E-state index contributed by atoms with van der Waals surface area (Å²) in [5.74, 6) is -2.84. The standard InChI is InChI=1S/C14H24FN3O5Si/c1-2-3-4-6-13(23-24)11(20)9(8-19)22-14(13,15)18-7-5-10(16)17-12(18)21/h5,7,9,11,19-20H,2-4,6,8H2,1,24H3,(H2,16,17,21)/t9-,11-,13-,14+/m1/s1. The average Bonchev–Trinajstić information content (AvgIpc) is 2.76. The lowest BCUT2D eigenvalue weighted by Crippen LogP contribution is -2.59. The van der Waals surface area contributed by atoms with Gasteiger partial charge in [0.15, 0.2) is 5.60 Å². The number of alkyl halides is 1. The van der Waals surface area contributed by atoms with Gasteiger partial charge in [-0.05, 0) is 12.5 Å². The number of nitrogens with zero attached hydrogens (tertiary/aromatic N) is 2. The number of rotatable bonds is 7. The Hall–Kier alpha value is -1.33. The number of hydrogen-bond acceptors (Lipinski definition) is 7. The van der Waals surface area contributed by atoms with E-state index in [1.807, 2.05) is 6.92 Å². The van der Waals surface area contributed by atoms with Gasteiger partial charge in [-0.2, -0.15) is 9.37 Å². The van der Waals surface area contributed by atoms with E-state index in [0.29, 0.717) is 11.0 Å². The van der Waals surface area contributed by atoms with Gasteiger partial charge in [0, 0.05) is 6.20 Å². The summed E-state index contributed by atoms with van der Waals surface area (Å²) in [6, 6.07) is 1.26. The van der Waals surface area contributed by atoms with Crippen LogP contribution in [-0.2, 0) is 15.1 Å². The molecule has 1 aromatic rings. The minimum atomic E-state index is -2.78. The number of aromatic nitrogens is 2. The molecule has 2 heterocycles. The van der Waals surface area contributed by atoms with Crippen LogP contribution in [0.3, 0.4) is 0 Å². The summed E-state index contributed by atoms with van der Waals surface area (Å²) < 4.78 is 27.4. The number of halogens is 1. The van der Waals surface area contributed by atoms with Crippen LogP contribution in [0, 0.1) is 0 Å². The second-order valence-corrected chi connectivity index (χ2v) is 6.31. The van der Waals surface area contributed by atoms with Crippen molar-refractivity contribution in [1.29, 1.82) is 0 Å². The molecule has 0 radical (unpaired) electrons. The highest BCUT2D eigenvalue weighted by atomic mass is 28.2. The molecule has 136 valence electrons. The lowest BCUT2D eigenvalue weighted by molar-refractivity contribution is -0.273. The van der Waals surface area contributed by atoms with E-state index >= 15 is 4.39 Å². The summed E-state index contributed by atoms with van der Waals surface area (Å²) in [6.45, 7) is 1.38. The van der Waals surface area contributed by atoms with Crippen LogP contribution in [0.25, 0.3) is 0 Å². The number of ether oxygens (including phenoxy) is 1. The van der Waals surface area contributed by atoms with Gasteiger partial charge in [0.2, 0.25) is 0 Å². The zero-order valence-corrected chi connectivity index (χ0v) is 15.8. The number of unbranched alkanes of at least 4 members (excludes halogenated alkanes) is 2. The van der Waals surface area contributed by atoms with E-state index in [-0.39, 0.29) is 22.7 Å². The van der Waals surface area contributed by atoms with E-state index in [9.17, 15) is 15.0 Å². The van der Waals surface area contributed by atoms with Crippen molar-refractivity contribution >= 4 is 16.3 Å². The Bertz CT molecular complexity index is 633. The zero-order valence-electron chi connectivity index (χ0n) is 13.8. The molecule has 0 amide bonds. The van der Waals surface area contributed by atoms with Crippen molar-refractivity contribution in [2.45, 2.75) is 56.4 Å². The Morgan fingerprint density at radius 3 is 2.83 bits per heavy atom. The smallest absolute Gasteiger partial charge is 0.354 e. The quantitative estimate of drug-likeness (QED) is 0.411. The Kier molecular flexibility index (Phi) is 5.76. The first-order chi connectivity index (χ1) is 11.4. The molecule has 4 atom stereocenters. The molecule has 0 bridgehead atoms. The van der Waals surface area contributed by atoms with Gasteiger partial charge in [-0.25, -0.2) is 9.36 Å². The Balaban J connectivity index is 2.55. The minimum absolute atomic E-state index is 0.0551. The second kappa shape index (κ2) is 7.27. The molecule has 1 aliphatic heterocycles. The molecule has 1 aliphatic rings. The van der Waals surface area contributed by atoms with Gasteiger partial charge >= 0.3 is 11.7 Å². The van der Waals surface area contributed by atoms with Crippen LogP contribution < -0.4 is 11.4 Å². The lowest BCUT2D eigenvalue weighted by atomic mass is 9.87. The maximum atomic E-state index is 16.0. The summed E-state index contributed by atoms with van der Waals surface area (Å²) >= 11 is 0. The molecule has 0 saturated carbocycles. The molecular formula is C14H24FN3O5Si. The highest BCUT2D eigenvalue weighted by Gasteiger charge is 2.68. The maximum absolute atomic E-state index is 16.0. The number of aliphatic hydroxyl groups excluding tert-OH is 2. The third kappa shape index (κ3) is 2.88. The fourth-order valence-corrected chi connectivity index (χ4v) is 3.87. The number of nitrogen functional groups attached to an aromatic ring is 1. The first-order valence-electron chi connectivity index (χ1n) is 7.92. The molecule has 8 nitrogen and oxygen atoms in total. The third-order valence-electron chi connectivity index (χ3n) is 4.49. The van der Waals surface area contributed by atoms with Crippen molar-refractivity contribution in [3.05, 3.63) is 22.7 Å². The SMILES string of the molecule is CCCCC[C@@]1(O[SiH3])[C@H](O)[C@@H](CO)O[C@@]1(F)n1ccc(N)nc1=O. The molecule has 1 saturated heterocycles. The average molecular weight is 361 g/mol. The summed E-state index contributed by atoms with van der Waals surface area (Å²) in [6.07, 6.45) is 0.872. The van der Waals surface area contributed by atoms with Gasteiger partial charge in [-0.15, -0.1) is 0 Å². The molecule has 1 aromatic heterocycles. The van der Waals surface area contributed by atoms with Crippen molar-refractivity contribution < 1.29 is 23.8 Å². The van der Waals surface area contributed by atoms with Gasteiger partial charge in [-0.1, -0.05) is 26.2 Å². The van der Waals surface area contributed by atoms with Crippen LogP contribution in [0.2, 0.25) is 0 Å². The predicted octanol–water partition coefficient (Wildman–Crippen LogP) is -1.23. The molecule has 0 spiro atoms. The van der Waals surface area contributed by atoms with E-state index in [2.05, 4.69) is 4.98 Å². The fraction of sp³-hybridized carbons (Fsp3) is 0.714. The first kappa shape index (κ1) is 19.0. The van der Waals surface area contributed by atoms with Crippen molar-refractivity contribution in [2.24, 2.45) is 0 Å². The van der Waals surface area contributed by atoms with Crippen LogP contribution in [0.15, 0.2) is 17.1 Å². The highest BCUT2D eigenvalue weighted by Crippen LogP contribution is 2.49. The number of anilines is 1. The Labute approximate surface area is 142 Å². The third-order valence-corrected chi connectivity index (χ3v) is 5.22. The Morgan fingerprint density at radius 1 is 1.58 bits per heavy atom. The topological polar surface area (TPSA) is 120 Å². The van der Waals surface area contributed by atoms with Gasteiger partial charge in [0.25, 0.3) is 0 Å². The van der Waals surface area contributed by atoms with Crippen LogP contribution in [0.4, 0.5) is 10.2 Å². The molecule has 1 fully saturated rings. The van der Waals surface area contributed by atoms with Gasteiger partial charge in [0.05, 0.1) is 6.61 Å². The van der Waals surface area contributed by atoms with Crippen molar-refractivity contribution in [3.8, 4) is 0 Å². The number of hydrogen-bond donors (Lipinski definition) is 3. The summed E-state index contributed by atoms with van der Waals surface area (Å²) in [5, 5.41) is 20.0. The number of aliphatic hydroxyl groups is 2. The fourth-order valence-electron chi connectivity index (χ4n) is 3.17. The largest absolute Gasteiger partial charge is 0.413 e. The van der Waals surface area contributed by atoms with E-state index in [0.717, 1.165) is 19.0 Å². The van der Waals surface area contributed by atoms with Crippen LogP contribution in [0.5, 0.6) is 0 Å². The molecule has 4 N–H and O–H groups in total. The molecule has 0 aromatic carbocycles. The summed E-state index contributed by atoms with van der Waals surface area (Å²) in [7, 11) is 0.102. The van der Waals surface area contributed by atoms with Gasteiger partial charge < -0.3 is 25.1 Å². The highest BCUT2D eigenvalue weighted by molar-refractivity contribution is 5.98. The van der Waals surface area contributed by atoms with Crippen LogP contribution in [0.1, 0.15) is 32.6 Å². The molecule has 24 heavy (non-hydrogen) atoms. The number of nitrogens with two attached hydrogens (primary N) is 1. The predicted molar refractivity (Wildman–Crippen MR) is 87.9 cm³/mol. The normalized spacial score (nSPS) is 33.2. The van der Waals surface area contributed by atoms with Gasteiger partial charge in [0.1, 0.15) is 28.5 Å². The lowest BCUT2D eigenvalue weighted by Gasteiger charge is -2.40. The zero-order chi connectivity index (χ0) is 18.0. The van der Waals surface area contributed by atoms with E-state index in [1.165, 1.54) is 6.07 Å². The van der Waals surface area contributed by atoms with E-state index < -0.39 is 36.1 Å². The maximum Gasteiger partial charge on any atom is 0.354 e. The van der Waals surface area contributed by atoms with E-state index in [4.69, 9.17) is 14.9 Å². The first-order valence-corrected chi connectivity index (χ1v) is 8.74. The van der Waals surface area contributed by atoms with Crippen LogP contribution >= 0.6 is 0 Å². The molecule has 0 aliphatic carbocycles. The molecular weight excluding hydrogens is 337 g/mol. The second-order valence-electron chi connectivity index (χ2n) is 5.90. The monoisotopic (exact) mass is 361 g/mol. The molecule has 10 heteroatoms. The summed E-state index contributed by atoms with van der Waals surface area (Å²) in [4.78, 5) is 15.6. The van der Waals surface area contributed by atoms with E-state index in [1.54, 1.807) is 0 Å². The molecule has 2 rings (SSSR count). The molecule has 0 unspecified atom stereocenters. The van der Waals surface area contributed by atoms with Gasteiger partial charge in [-0.3, -0.25) is 0 Å². The van der Waals surface area contributed by atoms with Crippen molar-refractivity contribution in [3.63, 3.8) is 0 Å².